The summed E-state index contributed by atoms with van der Waals surface area (Å²) in [6.45, 7) is 1.71. The third-order valence-corrected chi connectivity index (χ3v) is 1.61. The number of para-hydroxylation sites is 1. The van der Waals surface area contributed by atoms with Crippen LogP contribution in [0.2, 0.25) is 0 Å². The van der Waals surface area contributed by atoms with Gasteiger partial charge in [-0.1, -0.05) is 12.1 Å². The first-order chi connectivity index (χ1) is 6.61. The van der Waals surface area contributed by atoms with E-state index in [0.717, 1.165) is 0 Å². The molecule has 0 atom stereocenters. The summed E-state index contributed by atoms with van der Waals surface area (Å²) in [6.07, 6.45) is 0. The zero-order valence-corrected chi connectivity index (χ0v) is 7.81. The highest BCUT2D eigenvalue weighted by atomic mass is 16.3. The molecule has 0 aliphatic heterocycles. The van der Waals surface area contributed by atoms with E-state index in [2.05, 4.69) is 10.2 Å². The third-order valence-electron chi connectivity index (χ3n) is 1.61. The molecule has 0 aliphatic carbocycles. The molecule has 0 unspecified atom stereocenters. The molecule has 14 heavy (non-hydrogen) atoms. The Morgan fingerprint density at radius 2 is 1.86 bits per heavy atom. The Bertz CT molecular complexity index is 380. The van der Waals surface area contributed by atoms with Crippen LogP contribution in [-0.4, -0.2) is 16.8 Å². The fraction of sp³-hybridized carbons (Fsp3) is 0.111. The predicted octanol–water partition coefficient (Wildman–Crippen LogP) is 0.390. The van der Waals surface area contributed by atoms with Crippen molar-refractivity contribution in [1.82, 2.24) is 0 Å². The fourth-order valence-corrected chi connectivity index (χ4v) is 0.966. The van der Waals surface area contributed by atoms with Crippen molar-refractivity contribution >= 4 is 11.7 Å². The first-order valence-electron chi connectivity index (χ1n) is 4.03. The van der Waals surface area contributed by atoms with Crippen LogP contribution < -0.4 is 11.5 Å². The molecule has 0 bridgehead atoms. The number of phenolic OH excluding ortho intramolecular Hbond substituents is 1. The predicted molar refractivity (Wildman–Crippen MR) is 56.1 cm³/mol. The van der Waals surface area contributed by atoms with Gasteiger partial charge in [-0.15, -0.1) is 5.10 Å². The smallest absolute Gasteiger partial charge is 0.211 e. The number of nitrogens with two attached hydrogens (primary N) is 2. The van der Waals surface area contributed by atoms with Crippen LogP contribution in [0, 0.1) is 0 Å². The van der Waals surface area contributed by atoms with Crippen LogP contribution in [0.3, 0.4) is 0 Å². The molecule has 1 aromatic carbocycles. The Hall–Kier alpha value is -2.04. The summed E-state index contributed by atoms with van der Waals surface area (Å²) in [5, 5.41) is 16.7. The topological polar surface area (TPSA) is 97.0 Å². The van der Waals surface area contributed by atoms with Crippen molar-refractivity contribution < 1.29 is 5.11 Å². The second kappa shape index (κ2) is 4.27. The molecule has 0 aliphatic rings. The fourth-order valence-electron chi connectivity index (χ4n) is 0.966. The van der Waals surface area contributed by atoms with Crippen LogP contribution in [-0.2, 0) is 0 Å². The van der Waals surface area contributed by atoms with Gasteiger partial charge in [-0.05, 0) is 19.1 Å². The number of hydrogen-bond acceptors (Lipinski definition) is 3. The van der Waals surface area contributed by atoms with Gasteiger partial charge < -0.3 is 16.6 Å². The Labute approximate surface area is 81.8 Å². The molecule has 74 valence electrons. The molecule has 0 radical (unpaired) electrons. The second-order valence-electron chi connectivity index (χ2n) is 2.73. The minimum absolute atomic E-state index is 0.111. The number of phenols is 1. The number of benzene rings is 1. The van der Waals surface area contributed by atoms with E-state index in [9.17, 15) is 5.11 Å². The first-order valence-corrected chi connectivity index (χ1v) is 4.03. The van der Waals surface area contributed by atoms with E-state index in [1.165, 1.54) is 0 Å². The summed E-state index contributed by atoms with van der Waals surface area (Å²) in [6, 6.07) is 6.83. The van der Waals surface area contributed by atoms with Crippen molar-refractivity contribution in [2.24, 2.45) is 21.7 Å². The highest BCUT2D eigenvalue weighted by Crippen LogP contribution is 2.16. The van der Waals surface area contributed by atoms with Crippen LogP contribution in [0.5, 0.6) is 5.75 Å². The van der Waals surface area contributed by atoms with Gasteiger partial charge in [0.05, 0.1) is 5.71 Å². The van der Waals surface area contributed by atoms with E-state index in [4.69, 9.17) is 11.5 Å². The van der Waals surface area contributed by atoms with Crippen LogP contribution in [0.25, 0.3) is 0 Å². The first kappa shape index (κ1) is 10.0. The van der Waals surface area contributed by atoms with Crippen molar-refractivity contribution in [3.05, 3.63) is 29.8 Å². The van der Waals surface area contributed by atoms with Crippen molar-refractivity contribution in [3.8, 4) is 5.75 Å². The van der Waals surface area contributed by atoms with Gasteiger partial charge in [0.2, 0.25) is 5.96 Å². The quantitative estimate of drug-likeness (QED) is 0.359. The maximum absolute atomic E-state index is 9.45. The molecule has 1 aromatic rings. The SMILES string of the molecule is CC(=NN=C(N)N)c1ccccc1O. The second-order valence-corrected chi connectivity index (χ2v) is 2.73. The number of rotatable bonds is 2. The minimum atomic E-state index is -0.111. The highest BCUT2D eigenvalue weighted by Gasteiger charge is 2.02. The molecule has 0 amide bonds. The molecule has 0 saturated heterocycles. The Balaban J connectivity index is 3.01. The lowest BCUT2D eigenvalue weighted by molar-refractivity contribution is 0.474. The zero-order valence-electron chi connectivity index (χ0n) is 7.81. The Morgan fingerprint density at radius 3 is 2.43 bits per heavy atom. The number of nitrogens with zero attached hydrogens (tertiary/aromatic N) is 2. The Morgan fingerprint density at radius 1 is 1.21 bits per heavy atom. The summed E-state index contributed by atoms with van der Waals surface area (Å²) in [4.78, 5) is 0. The molecular weight excluding hydrogens is 180 g/mol. The maximum atomic E-state index is 9.45. The largest absolute Gasteiger partial charge is 0.507 e. The van der Waals surface area contributed by atoms with E-state index in [-0.39, 0.29) is 11.7 Å². The summed E-state index contributed by atoms with van der Waals surface area (Å²) < 4.78 is 0. The van der Waals surface area contributed by atoms with E-state index in [1.807, 2.05) is 0 Å². The molecule has 0 aromatic heterocycles. The molecule has 1 rings (SSSR count). The molecule has 5 nitrogen and oxygen atoms in total. The van der Waals surface area contributed by atoms with Gasteiger partial charge in [-0.3, -0.25) is 0 Å². The van der Waals surface area contributed by atoms with Crippen LogP contribution in [0.15, 0.2) is 34.5 Å². The van der Waals surface area contributed by atoms with Crippen molar-refractivity contribution in [2.75, 3.05) is 0 Å². The van der Waals surface area contributed by atoms with E-state index in [0.29, 0.717) is 11.3 Å². The maximum Gasteiger partial charge on any atom is 0.211 e. The van der Waals surface area contributed by atoms with Crippen LogP contribution in [0.4, 0.5) is 0 Å². The minimum Gasteiger partial charge on any atom is -0.507 e. The van der Waals surface area contributed by atoms with Gasteiger partial charge in [0.15, 0.2) is 0 Å². The molecule has 5 N–H and O–H groups in total. The lowest BCUT2D eigenvalue weighted by Crippen LogP contribution is -2.22. The summed E-state index contributed by atoms with van der Waals surface area (Å²) in [5.41, 5.74) is 11.4. The van der Waals surface area contributed by atoms with Gasteiger partial charge in [0.1, 0.15) is 5.75 Å². The number of hydrogen-bond donors (Lipinski definition) is 3. The average molecular weight is 192 g/mol. The van der Waals surface area contributed by atoms with Gasteiger partial charge in [0.25, 0.3) is 0 Å². The van der Waals surface area contributed by atoms with Crippen molar-refractivity contribution in [2.45, 2.75) is 6.92 Å². The Kier molecular flexibility index (Phi) is 3.06. The lowest BCUT2D eigenvalue weighted by atomic mass is 10.1. The van der Waals surface area contributed by atoms with Gasteiger partial charge in [-0.2, -0.15) is 5.10 Å². The highest BCUT2D eigenvalue weighted by molar-refractivity contribution is 6.01. The molecule has 0 spiro atoms. The van der Waals surface area contributed by atoms with E-state index < -0.39 is 0 Å². The standard InChI is InChI=1S/C9H12N4O/c1-6(12-13-9(10)11)7-4-2-3-5-8(7)14/h2-5,14H,1H3,(H4,10,11,13). The van der Waals surface area contributed by atoms with Gasteiger partial charge >= 0.3 is 0 Å². The van der Waals surface area contributed by atoms with Crippen molar-refractivity contribution in [1.29, 1.82) is 0 Å². The number of guanidine groups is 1. The molecular formula is C9H12N4O. The van der Waals surface area contributed by atoms with E-state index in [1.54, 1.807) is 31.2 Å². The van der Waals surface area contributed by atoms with Crippen molar-refractivity contribution in [3.63, 3.8) is 0 Å². The van der Waals surface area contributed by atoms with E-state index >= 15 is 0 Å². The molecule has 0 saturated carbocycles. The number of aromatic hydroxyl groups is 1. The normalized spacial score (nSPS) is 11.1. The molecule has 5 heteroatoms. The molecule has 0 heterocycles. The van der Waals surface area contributed by atoms with Crippen LogP contribution >= 0.6 is 0 Å². The monoisotopic (exact) mass is 192 g/mol. The summed E-state index contributed by atoms with van der Waals surface area (Å²) in [7, 11) is 0. The molecule has 0 fully saturated rings. The van der Waals surface area contributed by atoms with Gasteiger partial charge in [0, 0.05) is 5.56 Å². The average Bonchev–Trinajstić information content (AvgIpc) is 2.15. The lowest BCUT2D eigenvalue weighted by Gasteiger charge is -2.00. The third kappa shape index (κ3) is 2.48. The zero-order chi connectivity index (χ0) is 10.6. The van der Waals surface area contributed by atoms with Crippen LogP contribution in [0.1, 0.15) is 12.5 Å². The summed E-state index contributed by atoms with van der Waals surface area (Å²) in [5.74, 6) is 0.0410. The summed E-state index contributed by atoms with van der Waals surface area (Å²) >= 11 is 0. The van der Waals surface area contributed by atoms with Gasteiger partial charge in [-0.25, -0.2) is 0 Å².